The quantitative estimate of drug-likeness (QED) is 0.413. The predicted molar refractivity (Wildman–Crippen MR) is 121 cm³/mol. The van der Waals surface area contributed by atoms with Crippen molar-refractivity contribution in [3.8, 4) is 11.5 Å². The van der Waals surface area contributed by atoms with E-state index in [0.29, 0.717) is 13.0 Å². The van der Waals surface area contributed by atoms with E-state index in [1.54, 1.807) is 0 Å². The zero-order valence-corrected chi connectivity index (χ0v) is 19.0. The van der Waals surface area contributed by atoms with Crippen LogP contribution in [0.4, 0.5) is 0 Å². The lowest BCUT2D eigenvalue weighted by atomic mass is 9.77. The molecule has 2 aromatic carbocycles. The maximum atomic E-state index is 9.55. The van der Waals surface area contributed by atoms with E-state index in [-0.39, 0.29) is 24.5 Å². The van der Waals surface area contributed by atoms with Gasteiger partial charge in [-0.15, -0.1) is 11.6 Å². The van der Waals surface area contributed by atoms with Crippen LogP contribution in [0.1, 0.15) is 50.8 Å². The number of aliphatic hydroxyl groups is 2. The minimum atomic E-state index is -0.666. The van der Waals surface area contributed by atoms with Gasteiger partial charge in [0.25, 0.3) is 0 Å². The van der Waals surface area contributed by atoms with E-state index in [1.165, 1.54) is 11.1 Å². The van der Waals surface area contributed by atoms with Gasteiger partial charge in [0, 0.05) is 18.4 Å². The summed E-state index contributed by atoms with van der Waals surface area (Å²) >= 11 is 5.61. The van der Waals surface area contributed by atoms with Crippen LogP contribution < -0.4 is 9.47 Å². The van der Waals surface area contributed by atoms with Crippen molar-refractivity contribution < 1.29 is 19.7 Å². The molecule has 0 radical (unpaired) electrons. The molecule has 0 aromatic heterocycles. The fraction of sp³-hybridized carbons (Fsp3) is 0.500. The summed E-state index contributed by atoms with van der Waals surface area (Å²) in [7, 11) is 0. The van der Waals surface area contributed by atoms with Gasteiger partial charge in [0.2, 0.25) is 0 Å². The molecule has 1 unspecified atom stereocenters. The third kappa shape index (κ3) is 7.54. The highest BCUT2D eigenvalue weighted by molar-refractivity contribution is 6.18. The Balaban J connectivity index is 0.00000204. The van der Waals surface area contributed by atoms with E-state index in [9.17, 15) is 5.11 Å². The molecule has 0 saturated carbocycles. The van der Waals surface area contributed by atoms with Crippen LogP contribution in [0.15, 0.2) is 42.5 Å². The molecule has 4 nitrogen and oxygen atoms in total. The topological polar surface area (TPSA) is 58.9 Å². The molecular formula is C24H35ClO4. The summed E-state index contributed by atoms with van der Waals surface area (Å²) in [4.78, 5) is 0. The van der Waals surface area contributed by atoms with Gasteiger partial charge in [-0.1, -0.05) is 52.0 Å². The predicted octanol–water partition coefficient (Wildman–Crippen LogP) is 5.09. The van der Waals surface area contributed by atoms with Crippen molar-refractivity contribution in [2.45, 2.75) is 52.6 Å². The molecule has 2 N–H and O–H groups in total. The van der Waals surface area contributed by atoms with Gasteiger partial charge in [-0.05, 0) is 41.8 Å². The summed E-state index contributed by atoms with van der Waals surface area (Å²) in [6, 6.07) is 14.2. The Morgan fingerprint density at radius 3 is 2.17 bits per heavy atom. The van der Waals surface area contributed by atoms with Gasteiger partial charge in [0.05, 0.1) is 12.5 Å². The van der Waals surface area contributed by atoms with Crippen molar-refractivity contribution in [1.29, 1.82) is 0 Å². The summed E-state index contributed by atoms with van der Waals surface area (Å²) in [5.74, 6) is 1.72. The lowest BCUT2D eigenvalue weighted by Crippen LogP contribution is -2.20. The smallest absolute Gasteiger partial charge is 0.122 e. The standard InChI is InChI=1S/C22H29ClO4.C2H6/c1-16-13-18(7-10-21(16)27-15-19(25)14-23)22(2,3)17-5-8-20(9-6-17)26-12-4-11-24;1-2/h5-10,13,19,24-25H,4,11-12,14-15H2,1-3H3;1-2H3. The summed E-state index contributed by atoms with van der Waals surface area (Å²) in [6.07, 6.45) is -0.0386. The SMILES string of the molecule is CC.Cc1cc(C(C)(C)c2ccc(OCCCO)cc2)ccc1OCC(O)CCl. The molecule has 0 amide bonds. The van der Waals surface area contributed by atoms with E-state index in [2.05, 4.69) is 38.1 Å². The Morgan fingerprint density at radius 1 is 1.00 bits per heavy atom. The van der Waals surface area contributed by atoms with Crippen LogP contribution >= 0.6 is 11.6 Å². The number of hydrogen-bond donors (Lipinski definition) is 2. The molecular weight excluding hydrogens is 388 g/mol. The second kappa shape index (κ2) is 12.7. The molecule has 2 aromatic rings. The van der Waals surface area contributed by atoms with Gasteiger partial charge >= 0.3 is 0 Å². The van der Waals surface area contributed by atoms with Crippen LogP contribution in [-0.4, -0.2) is 42.0 Å². The van der Waals surface area contributed by atoms with Gasteiger partial charge in [-0.2, -0.15) is 0 Å². The second-order valence-corrected chi connectivity index (χ2v) is 7.48. The molecule has 0 aliphatic heterocycles. The summed E-state index contributed by atoms with van der Waals surface area (Å²) in [5, 5.41) is 18.4. The van der Waals surface area contributed by atoms with E-state index >= 15 is 0 Å². The van der Waals surface area contributed by atoms with Crippen molar-refractivity contribution in [3.63, 3.8) is 0 Å². The van der Waals surface area contributed by atoms with Crippen molar-refractivity contribution in [3.05, 3.63) is 59.2 Å². The molecule has 0 aliphatic carbocycles. The Labute approximate surface area is 180 Å². The highest BCUT2D eigenvalue weighted by Gasteiger charge is 2.24. The van der Waals surface area contributed by atoms with Crippen LogP contribution in [0, 0.1) is 6.92 Å². The van der Waals surface area contributed by atoms with Crippen molar-refractivity contribution >= 4 is 11.6 Å². The number of benzene rings is 2. The Bertz CT molecular complexity index is 713. The molecule has 0 spiro atoms. The zero-order chi connectivity index (χ0) is 21.9. The Hall–Kier alpha value is -1.75. The molecule has 1 atom stereocenters. The van der Waals surface area contributed by atoms with Gasteiger partial charge in [0.1, 0.15) is 24.2 Å². The molecule has 29 heavy (non-hydrogen) atoms. The molecule has 2 rings (SSSR count). The molecule has 0 bridgehead atoms. The molecule has 0 heterocycles. The van der Waals surface area contributed by atoms with E-state index < -0.39 is 6.10 Å². The van der Waals surface area contributed by atoms with E-state index in [0.717, 1.165) is 17.1 Å². The third-order valence-electron chi connectivity index (χ3n) is 4.65. The lowest BCUT2D eigenvalue weighted by molar-refractivity contribution is 0.125. The first kappa shape index (κ1) is 25.3. The van der Waals surface area contributed by atoms with Gasteiger partial charge in [-0.25, -0.2) is 0 Å². The van der Waals surface area contributed by atoms with Gasteiger partial charge in [0.15, 0.2) is 0 Å². The largest absolute Gasteiger partial charge is 0.494 e. The fourth-order valence-electron chi connectivity index (χ4n) is 2.82. The number of hydrogen-bond acceptors (Lipinski definition) is 4. The number of ether oxygens (including phenoxy) is 2. The summed E-state index contributed by atoms with van der Waals surface area (Å²) < 4.78 is 11.3. The van der Waals surface area contributed by atoms with Crippen molar-refractivity contribution in [1.82, 2.24) is 0 Å². The van der Waals surface area contributed by atoms with Gasteiger partial charge in [-0.3, -0.25) is 0 Å². The summed E-state index contributed by atoms with van der Waals surface area (Å²) in [5.41, 5.74) is 3.20. The number of aliphatic hydroxyl groups excluding tert-OH is 2. The average molecular weight is 423 g/mol. The molecule has 5 heteroatoms. The Kier molecular flexibility index (Phi) is 11.1. The van der Waals surface area contributed by atoms with Crippen LogP contribution in [0.2, 0.25) is 0 Å². The first-order valence-corrected chi connectivity index (χ1v) is 10.7. The average Bonchev–Trinajstić information content (AvgIpc) is 2.74. The number of aryl methyl sites for hydroxylation is 1. The summed E-state index contributed by atoms with van der Waals surface area (Å²) in [6.45, 7) is 11.2. The Morgan fingerprint density at radius 2 is 1.62 bits per heavy atom. The second-order valence-electron chi connectivity index (χ2n) is 7.17. The minimum Gasteiger partial charge on any atom is -0.494 e. The third-order valence-corrected chi connectivity index (χ3v) is 5.01. The van der Waals surface area contributed by atoms with Gasteiger partial charge < -0.3 is 19.7 Å². The number of rotatable bonds is 10. The number of halogens is 1. The maximum Gasteiger partial charge on any atom is 0.122 e. The molecule has 0 aliphatic rings. The normalized spacial score (nSPS) is 12.0. The van der Waals surface area contributed by atoms with Crippen LogP contribution in [0.25, 0.3) is 0 Å². The molecule has 162 valence electrons. The minimum absolute atomic E-state index is 0.134. The van der Waals surface area contributed by atoms with Crippen molar-refractivity contribution in [2.75, 3.05) is 25.7 Å². The highest BCUT2D eigenvalue weighted by Crippen LogP contribution is 2.34. The van der Waals surface area contributed by atoms with E-state index in [4.69, 9.17) is 26.2 Å². The molecule has 0 saturated heterocycles. The van der Waals surface area contributed by atoms with Crippen LogP contribution in [-0.2, 0) is 5.41 Å². The van der Waals surface area contributed by atoms with Crippen LogP contribution in [0.3, 0.4) is 0 Å². The monoisotopic (exact) mass is 422 g/mol. The highest BCUT2D eigenvalue weighted by atomic mass is 35.5. The zero-order valence-electron chi connectivity index (χ0n) is 18.2. The van der Waals surface area contributed by atoms with Crippen LogP contribution in [0.5, 0.6) is 11.5 Å². The fourth-order valence-corrected chi connectivity index (χ4v) is 2.91. The maximum absolute atomic E-state index is 9.55. The first-order chi connectivity index (χ1) is 13.9. The lowest BCUT2D eigenvalue weighted by Gasteiger charge is -2.27. The molecule has 0 fully saturated rings. The van der Waals surface area contributed by atoms with E-state index in [1.807, 2.05) is 39.0 Å². The first-order valence-electron chi connectivity index (χ1n) is 10.2. The van der Waals surface area contributed by atoms with Crippen molar-refractivity contribution in [2.24, 2.45) is 0 Å². The number of alkyl halides is 1.